The first-order valence-electron chi connectivity index (χ1n) is 12.2. The van der Waals surface area contributed by atoms with Crippen LogP contribution in [0.15, 0.2) is 48.7 Å². The standard InChI is InChI=1S/C27H34N6O/c1-18(32-14-12-21(17-32)28-13-15-34)20-9-11-24-30-31-26(33(24)16-20)23-10-8-19-6-5-7-22(25(19)29-23)27(2,3)4/h5-11,16,18,21,28,34H,12-15,17H2,1-4H3/t18-,21-/m0/s1. The maximum atomic E-state index is 9.10. The number of hydrogen-bond acceptors (Lipinski definition) is 6. The van der Waals surface area contributed by atoms with Gasteiger partial charge in [0.1, 0.15) is 5.69 Å². The van der Waals surface area contributed by atoms with Crippen LogP contribution < -0.4 is 5.32 Å². The molecule has 7 heteroatoms. The van der Waals surface area contributed by atoms with Gasteiger partial charge in [-0.3, -0.25) is 9.30 Å². The Morgan fingerprint density at radius 2 is 1.97 bits per heavy atom. The Morgan fingerprint density at radius 3 is 2.76 bits per heavy atom. The SMILES string of the molecule is C[C@@H](c1ccc2nnc(-c3ccc4cccc(C(C)(C)C)c4n3)n2c1)N1CC[C@H](NCCO)C1. The van der Waals surface area contributed by atoms with E-state index in [1.807, 2.05) is 12.1 Å². The van der Waals surface area contributed by atoms with Crippen LogP contribution in [0.5, 0.6) is 0 Å². The molecule has 5 rings (SSSR count). The van der Waals surface area contributed by atoms with Gasteiger partial charge in [0.2, 0.25) is 0 Å². The van der Waals surface area contributed by atoms with Crippen LogP contribution in [-0.2, 0) is 5.41 Å². The Balaban J connectivity index is 1.49. The zero-order chi connectivity index (χ0) is 23.9. The third-order valence-corrected chi connectivity index (χ3v) is 6.98. The fourth-order valence-corrected chi connectivity index (χ4v) is 4.99. The average Bonchev–Trinajstić information content (AvgIpc) is 3.47. The Kier molecular flexibility index (Phi) is 6.10. The Hall–Kier alpha value is -2.87. The number of nitrogens with zero attached hydrogens (tertiary/aromatic N) is 5. The maximum Gasteiger partial charge on any atom is 0.187 e. The van der Waals surface area contributed by atoms with E-state index in [0.717, 1.165) is 47.6 Å². The van der Waals surface area contributed by atoms with E-state index in [4.69, 9.17) is 10.1 Å². The Morgan fingerprint density at radius 1 is 1.12 bits per heavy atom. The van der Waals surface area contributed by atoms with Crippen LogP contribution in [0.3, 0.4) is 0 Å². The minimum atomic E-state index is 0.000265. The molecule has 178 valence electrons. The number of para-hydroxylation sites is 1. The lowest BCUT2D eigenvalue weighted by molar-refractivity contribution is 0.249. The number of aliphatic hydroxyl groups excluding tert-OH is 1. The summed E-state index contributed by atoms with van der Waals surface area (Å²) in [6.07, 6.45) is 3.26. The molecule has 0 amide bonds. The summed E-state index contributed by atoms with van der Waals surface area (Å²) in [6.45, 7) is 11.8. The number of hydrogen-bond donors (Lipinski definition) is 2. The van der Waals surface area contributed by atoms with Crippen LogP contribution in [0.1, 0.15) is 51.3 Å². The molecule has 1 aliphatic rings. The van der Waals surface area contributed by atoms with Crippen LogP contribution in [0.2, 0.25) is 0 Å². The van der Waals surface area contributed by atoms with Gasteiger partial charge in [-0.15, -0.1) is 10.2 Å². The van der Waals surface area contributed by atoms with E-state index in [0.29, 0.717) is 12.6 Å². The van der Waals surface area contributed by atoms with Crippen LogP contribution in [-0.4, -0.2) is 61.9 Å². The van der Waals surface area contributed by atoms with Crippen molar-refractivity contribution in [2.45, 2.75) is 51.6 Å². The molecule has 0 radical (unpaired) electrons. The summed E-state index contributed by atoms with van der Waals surface area (Å²) < 4.78 is 2.07. The summed E-state index contributed by atoms with van der Waals surface area (Å²) in [5.41, 5.74) is 5.13. The van der Waals surface area contributed by atoms with Crippen molar-refractivity contribution in [3.8, 4) is 11.5 Å². The molecule has 7 nitrogen and oxygen atoms in total. The van der Waals surface area contributed by atoms with Crippen LogP contribution in [0.4, 0.5) is 0 Å². The highest BCUT2D eigenvalue weighted by atomic mass is 16.3. The van der Waals surface area contributed by atoms with Gasteiger partial charge < -0.3 is 10.4 Å². The lowest BCUT2D eigenvalue weighted by atomic mass is 9.85. The zero-order valence-corrected chi connectivity index (χ0v) is 20.5. The lowest BCUT2D eigenvalue weighted by Crippen LogP contribution is -2.35. The number of fused-ring (bicyclic) bond motifs is 2. The molecule has 1 saturated heterocycles. The fourth-order valence-electron chi connectivity index (χ4n) is 4.99. The fraction of sp³-hybridized carbons (Fsp3) is 0.444. The van der Waals surface area contributed by atoms with E-state index in [1.165, 1.54) is 11.1 Å². The van der Waals surface area contributed by atoms with Gasteiger partial charge in [-0.05, 0) is 42.0 Å². The van der Waals surface area contributed by atoms with Crippen molar-refractivity contribution in [1.82, 2.24) is 29.8 Å². The quantitative estimate of drug-likeness (QED) is 0.455. The van der Waals surface area contributed by atoms with Crippen LogP contribution in [0.25, 0.3) is 28.1 Å². The third kappa shape index (κ3) is 4.31. The highest BCUT2D eigenvalue weighted by molar-refractivity contribution is 5.84. The summed E-state index contributed by atoms with van der Waals surface area (Å²) in [6, 6.07) is 15.5. The smallest absolute Gasteiger partial charge is 0.187 e. The summed E-state index contributed by atoms with van der Waals surface area (Å²) in [4.78, 5) is 7.55. The summed E-state index contributed by atoms with van der Waals surface area (Å²) >= 11 is 0. The first-order valence-corrected chi connectivity index (χ1v) is 12.2. The van der Waals surface area contributed by atoms with E-state index in [1.54, 1.807) is 0 Å². The first kappa shape index (κ1) is 22.9. The minimum absolute atomic E-state index is 0.000265. The molecule has 3 aromatic heterocycles. The highest BCUT2D eigenvalue weighted by Crippen LogP contribution is 2.31. The average molecular weight is 459 g/mol. The largest absolute Gasteiger partial charge is 0.395 e. The summed E-state index contributed by atoms with van der Waals surface area (Å²) in [7, 11) is 0. The molecule has 34 heavy (non-hydrogen) atoms. The topological polar surface area (TPSA) is 78.6 Å². The molecule has 4 heterocycles. The first-order chi connectivity index (χ1) is 16.3. The molecule has 0 bridgehead atoms. The van der Waals surface area contributed by atoms with E-state index in [9.17, 15) is 0 Å². The second-order valence-corrected chi connectivity index (χ2v) is 10.4. The zero-order valence-electron chi connectivity index (χ0n) is 20.5. The van der Waals surface area contributed by atoms with Gasteiger partial charge in [0, 0.05) is 43.3 Å². The normalized spacial score (nSPS) is 18.2. The number of aliphatic hydroxyl groups is 1. The molecule has 2 N–H and O–H groups in total. The predicted molar refractivity (Wildman–Crippen MR) is 136 cm³/mol. The highest BCUT2D eigenvalue weighted by Gasteiger charge is 2.27. The number of pyridine rings is 2. The van der Waals surface area contributed by atoms with Gasteiger partial charge in [0.25, 0.3) is 0 Å². The molecule has 1 aromatic carbocycles. The third-order valence-electron chi connectivity index (χ3n) is 6.98. The number of aromatic nitrogens is 4. The van der Waals surface area contributed by atoms with Gasteiger partial charge in [0.05, 0.1) is 12.1 Å². The van der Waals surface area contributed by atoms with Crippen LogP contribution in [0, 0.1) is 0 Å². The van der Waals surface area contributed by atoms with E-state index >= 15 is 0 Å². The molecule has 2 atom stereocenters. The Labute approximate surface area is 200 Å². The molecule has 0 aliphatic carbocycles. The van der Waals surface area contributed by atoms with Gasteiger partial charge in [-0.25, -0.2) is 4.98 Å². The van der Waals surface area contributed by atoms with Crippen molar-refractivity contribution in [3.63, 3.8) is 0 Å². The van der Waals surface area contributed by atoms with E-state index < -0.39 is 0 Å². The second kappa shape index (κ2) is 9.06. The Bertz CT molecular complexity index is 1310. The molecule has 0 saturated carbocycles. The van der Waals surface area contributed by atoms with Crippen molar-refractivity contribution in [1.29, 1.82) is 0 Å². The number of rotatable bonds is 6. The van der Waals surface area contributed by atoms with Crippen molar-refractivity contribution in [2.24, 2.45) is 0 Å². The molecule has 0 unspecified atom stereocenters. The van der Waals surface area contributed by atoms with Crippen molar-refractivity contribution < 1.29 is 5.11 Å². The van der Waals surface area contributed by atoms with Gasteiger partial charge in [-0.2, -0.15) is 0 Å². The van der Waals surface area contributed by atoms with Crippen molar-refractivity contribution in [2.75, 3.05) is 26.2 Å². The minimum Gasteiger partial charge on any atom is -0.395 e. The molecular weight excluding hydrogens is 424 g/mol. The van der Waals surface area contributed by atoms with E-state index in [-0.39, 0.29) is 18.1 Å². The lowest BCUT2D eigenvalue weighted by Gasteiger charge is -2.25. The predicted octanol–water partition coefficient (Wildman–Crippen LogP) is 3.96. The van der Waals surface area contributed by atoms with Crippen molar-refractivity contribution >= 4 is 16.6 Å². The summed E-state index contributed by atoms with van der Waals surface area (Å²) in [5.74, 6) is 0.763. The van der Waals surface area contributed by atoms with E-state index in [2.05, 4.69) is 89.0 Å². The number of likely N-dealkylation sites (tertiary alicyclic amines) is 1. The maximum absolute atomic E-state index is 9.10. The van der Waals surface area contributed by atoms with Gasteiger partial charge in [0.15, 0.2) is 11.5 Å². The van der Waals surface area contributed by atoms with Crippen LogP contribution >= 0.6 is 0 Å². The molecule has 1 aliphatic heterocycles. The van der Waals surface area contributed by atoms with Gasteiger partial charge in [-0.1, -0.05) is 51.1 Å². The molecule has 1 fully saturated rings. The van der Waals surface area contributed by atoms with Gasteiger partial charge >= 0.3 is 0 Å². The molecule has 0 spiro atoms. The molecular formula is C27H34N6O. The summed E-state index contributed by atoms with van der Waals surface area (Å²) in [5, 5.41) is 22.6. The molecule has 4 aromatic rings. The second-order valence-electron chi connectivity index (χ2n) is 10.4. The van der Waals surface area contributed by atoms with Crippen molar-refractivity contribution in [3.05, 3.63) is 59.8 Å². The number of benzene rings is 1. The monoisotopic (exact) mass is 458 g/mol. The number of nitrogens with one attached hydrogen (secondary N) is 1.